The third-order valence-electron chi connectivity index (χ3n) is 5.24. The Morgan fingerprint density at radius 1 is 1.11 bits per heavy atom. The number of hydrogen-bond acceptors (Lipinski definition) is 4. The van der Waals surface area contributed by atoms with Gasteiger partial charge in [-0.05, 0) is 48.9 Å². The lowest BCUT2D eigenvalue weighted by atomic mass is 9.80. The standard InChI is InChI=1S/C23H23NO3/c1-26-22(25)14-18-9-4-7-17-8-5-11-21(23(17)18)27-15-19-13-12-16-6-2-3-10-20(16)24-19/h2-3,5-6,8,10-13,18H,4,7,9,14-15H2,1H3. The maximum Gasteiger partial charge on any atom is 0.306 e. The van der Waals surface area contributed by atoms with Crippen molar-refractivity contribution >= 4 is 16.9 Å². The van der Waals surface area contributed by atoms with Gasteiger partial charge >= 0.3 is 5.97 Å². The molecule has 3 aromatic rings. The van der Waals surface area contributed by atoms with Crippen molar-refractivity contribution < 1.29 is 14.3 Å². The molecule has 0 spiro atoms. The zero-order chi connectivity index (χ0) is 18.6. The van der Waals surface area contributed by atoms with Crippen LogP contribution in [0, 0.1) is 0 Å². The van der Waals surface area contributed by atoms with E-state index in [-0.39, 0.29) is 11.9 Å². The molecule has 0 saturated carbocycles. The van der Waals surface area contributed by atoms with E-state index in [2.05, 4.69) is 23.2 Å². The Kier molecular flexibility index (Phi) is 5.05. The third kappa shape index (κ3) is 3.80. The Morgan fingerprint density at radius 2 is 2.00 bits per heavy atom. The molecule has 138 valence electrons. The van der Waals surface area contributed by atoms with Crippen LogP contribution in [0.3, 0.4) is 0 Å². The van der Waals surface area contributed by atoms with E-state index >= 15 is 0 Å². The molecule has 1 aromatic heterocycles. The quantitative estimate of drug-likeness (QED) is 0.613. The molecule has 0 N–H and O–H groups in total. The number of para-hydroxylation sites is 1. The fourth-order valence-corrected chi connectivity index (χ4v) is 3.91. The average molecular weight is 361 g/mol. The molecule has 2 aromatic carbocycles. The fourth-order valence-electron chi connectivity index (χ4n) is 3.91. The van der Waals surface area contributed by atoms with Crippen LogP contribution in [0.1, 0.15) is 42.0 Å². The largest absolute Gasteiger partial charge is 0.487 e. The number of carbonyl (C=O) groups is 1. The van der Waals surface area contributed by atoms with Crippen molar-refractivity contribution in [3.63, 3.8) is 0 Å². The lowest BCUT2D eigenvalue weighted by Gasteiger charge is -2.27. The van der Waals surface area contributed by atoms with E-state index in [1.165, 1.54) is 12.7 Å². The lowest BCUT2D eigenvalue weighted by Crippen LogP contribution is -2.16. The minimum absolute atomic E-state index is 0.155. The second-order valence-electron chi connectivity index (χ2n) is 6.98. The van der Waals surface area contributed by atoms with Gasteiger partial charge in [0.2, 0.25) is 0 Å². The first-order valence-electron chi connectivity index (χ1n) is 9.40. The minimum atomic E-state index is -0.168. The van der Waals surface area contributed by atoms with E-state index in [4.69, 9.17) is 9.47 Å². The molecular formula is C23H23NO3. The number of aryl methyl sites for hydroxylation is 1. The highest BCUT2D eigenvalue weighted by Gasteiger charge is 2.26. The number of ether oxygens (including phenoxy) is 2. The first kappa shape index (κ1) is 17.5. The monoisotopic (exact) mass is 361 g/mol. The van der Waals surface area contributed by atoms with E-state index in [9.17, 15) is 4.79 Å². The van der Waals surface area contributed by atoms with Crippen LogP contribution in [-0.4, -0.2) is 18.1 Å². The van der Waals surface area contributed by atoms with Gasteiger partial charge in [0.1, 0.15) is 12.4 Å². The van der Waals surface area contributed by atoms with E-state index in [1.807, 2.05) is 36.4 Å². The summed E-state index contributed by atoms with van der Waals surface area (Å²) in [5, 5.41) is 1.12. The SMILES string of the molecule is COC(=O)CC1CCCc2cccc(OCc3ccc4ccccc4n3)c21. The molecule has 0 radical (unpaired) electrons. The summed E-state index contributed by atoms with van der Waals surface area (Å²) in [7, 11) is 1.44. The van der Waals surface area contributed by atoms with Crippen molar-refractivity contribution in [2.45, 2.75) is 38.2 Å². The molecule has 4 nitrogen and oxygen atoms in total. The van der Waals surface area contributed by atoms with E-state index in [1.54, 1.807) is 0 Å². The molecular weight excluding hydrogens is 338 g/mol. The van der Waals surface area contributed by atoms with Crippen molar-refractivity contribution in [3.8, 4) is 5.75 Å². The molecule has 0 bridgehead atoms. The Labute approximate surface area is 159 Å². The van der Waals surface area contributed by atoms with Crippen LogP contribution in [0.25, 0.3) is 10.9 Å². The highest BCUT2D eigenvalue weighted by atomic mass is 16.5. The van der Waals surface area contributed by atoms with Crippen molar-refractivity contribution in [2.75, 3.05) is 7.11 Å². The lowest BCUT2D eigenvalue weighted by molar-refractivity contribution is -0.141. The number of benzene rings is 2. The number of nitrogens with zero attached hydrogens (tertiary/aromatic N) is 1. The second kappa shape index (κ2) is 7.78. The first-order chi connectivity index (χ1) is 13.2. The molecule has 1 atom stereocenters. The Bertz CT molecular complexity index is 967. The molecule has 1 unspecified atom stereocenters. The van der Waals surface area contributed by atoms with E-state index in [0.717, 1.165) is 47.2 Å². The summed E-state index contributed by atoms with van der Waals surface area (Å²) in [6, 6.07) is 18.3. The summed E-state index contributed by atoms with van der Waals surface area (Å²) < 4.78 is 11.1. The number of pyridine rings is 1. The molecule has 0 amide bonds. The minimum Gasteiger partial charge on any atom is -0.487 e. The summed E-state index contributed by atoms with van der Waals surface area (Å²) in [6.07, 6.45) is 3.50. The number of methoxy groups -OCH3 is 1. The predicted octanol–water partition coefficient (Wildman–Crippen LogP) is 4.80. The van der Waals surface area contributed by atoms with Crippen molar-refractivity contribution in [3.05, 3.63) is 71.4 Å². The first-order valence-corrected chi connectivity index (χ1v) is 9.40. The van der Waals surface area contributed by atoms with Gasteiger partial charge in [0, 0.05) is 10.9 Å². The molecule has 1 aliphatic carbocycles. The normalized spacial score (nSPS) is 16.0. The van der Waals surface area contributed by atoms with Crippen LogP contribution in [0.15, 0.2) is 54.6 Å². The number of aromatic nitrogens is 1. The van der Waals surface area contributed by atoms with Crippen LogP contribution in [0.5, 0.6) is 5.75 Å². The highest BCUT2D eigenvalue weighted by Crippen LogP contribution is 2.40. The van der Waals surface area contributed by atoms with Gasteiger partial charge in [-0.15, -0.1) is 0 Å². The Morgan fingerprint density at radius 3 is 2.89 bits per heavy atom. The number of fused-ring (bicyclic) bond motifs is 2. The van der Waals surface area contributed by atoms with Gasteiger partial charge in [0.05, 0.1) is 24.7 Å². The van der Waals surface area contributed by atoms with Crippen LogP contribution in [0.2, 0.25) is 0 Å². The van der Waals surface area contributed by atoms with Crippen molar-refractivity contribution in [1.82, 2.24) is 4.98 Å². The maximum absolute atomic E-state index is 11.8. The fraction of sp³-hybridized carbons (Fsp3) is 0.304. The molecule has 4 heteroatoms. The van der Waals surface area contributed by atoms with Gasteiger partial charge in [0.15, 0.2) is 0 Å². The Balaban J connectivity index is 1.57. The van der Waals surface area contributed by atoms with Crippen molar-refractivity contribution in [2.24, 2.45) is 0 Å². The number of esters is 1. The van der Waals surface area contributed by atoms with Gasteiger partial charge in [-0.2, -0.15) is 0 Å². The molecule has 1 aliphatic rings. The average Bonchev–Trinajstić information content (AvgIpc) is 2.72. The highest BCUT2D eigenvalue weighted by molar-refractivity contribution is 5.78. The zero-order valence-corrected chi connectivity index (χ0v) is 15.5. The van der Waals surface area contributed by atoms with Gasteiger partial charge in [-0.3, -0.25) is 4.79 Å². The topological polar surface area (TPSA) is 48.4 Å². The predicted molar refractivity (Wildman–Crippen MR) is 105 cm³/mol. The third-order valence-corrected chi connectivity index (χ3v) is 5.24. The number of hydrogen-bond donors (Lipinski definition) is 0. The molecule has 4 rings (SSSR count). The summed E-state index contributed by atoms with van der Waals surface area (Å²) in [6.45, 7) is 0.409. The molecule has 1 heterocycles. The second-order valence-corrected chi connectivity index (χ2v) is 6.98. The van der Waals surface area contributed by atoms with E-state index < -0.39 is 0 Å². The van der Waals surface area contributed by atoms with Gasteiger partial charge in [-0.1, -0.05) is 36.4 Å². The van der Waals surface area contributed by atoms with Crippen molar-refractivity contribution in [1.29, 1.82) is 0 Å². The Hall–Kier alpha value is -2.88. The van der Waals surface area contributed by atoms with Crippen LogP contribution >= 0.6 is 0 Å². The van der Waals surface area contributed by atoms with Gasteiger partial charge < -0.3 is 9.47 Å². The molecule has 0 fully saturated rings. The van der Waals surface area contributed by atoms with Crippen LogP contribution in [-0.2, 0) is 22.6 Å². The summed E-state index contributed by atoms with van der Waals surface area (Å²) in [5.41, 5.74) is 4.30. The summed E-state index contributed by atoms with van der Waals surface area (Å²) in [5.74, 6) is 0.844. The molecule has 27 heavy (non-hydrogen) atoms. The van der Waals surface area contributed by atoms with Gasteiger partial charge in [-0.25, -0.2) is 4.98 Å². The van der Waals surface area contributed by atoms with Crippen LogP contribution in [0.4, 0.5) is 0 Å². The van der Waals surface area contributed by atoms with Gasteiger partial charge in [0.25, 0.3) is 0 Å². The smallest absolute Gasteiger partial charge is 0.306 e. The van der Waals surface area contributed by atoms with Crippen LogP contribution < -0.4 is 4.74 Å². The molecule has 0 saturated heterocycles. The maximum atomic E-state index is 11.8. The summed E-state index contributed by atoms with van der Waals surface area (Å²) >= 11 is 0. The van der Waals surface area contributed by atoms with E-state index in [0.29, 0.717) is 13.0 Å². The molecule has 0 aliphatic heterocycles. The number of carbonyl (C=O) groups excluding carboxylic acids is 1. The zero-order valence-electron chi connectivity index (χ0n) is 15.5. The number of rotatable bonds is 5. The summed E-state index contributed by atoms with van der Waals surface area (Å²) in [4.78, 5) is 16.5.